The van der Waals surface area contributed by atoms with Crippen molar-refractivity contribution in [2.45, 2.75) is 53.1 Å². The van der Waals surface area contributed by atoms with E-state index in [0.717, 1.165) is 5.56 Å². The number of hydrogen-bond acceptors (Lipinski definition) is 6. The van der Waals surface area contributed by atoms with Gasteiger partial charge < -0.3 is 19.9 Å². The van der Waals surface area contributed by atoms with Gasteiger partial charge in [0.1, 0.15) is 11.9 Å². The van der Waals surface area contributed by atoms with Gasteiger partial charge in [-0.3, -0.25) is 4.57 Å². The van der Waals surface area contributed by atoms with Gasteiger partial charge in [0, 0.05) is 24.8 Å². The van der Waals surface area contributed by atoms with Crippen molar-refractivity contribution in [1.82, 2.24) is 9.55 Å². The fourth-order valence-corrected chi connectivity index (χ4v) is 2.43. The second kappa shape index (κ2) is 9.00. The Labute approximate surface area is 137 Å². The summed E-state index contributed by atoms with van der Waals surface area (Å²) in [5.74, 6) is 0.406. The van der Waals surface area contributed by atoms with E-state index in [9.17, 15) is 4.79 Å². The molecule has 132 valence electrons. The Morgan fingerprint density at radius 1 is 1.35 bits per heavy atom. The SMILES string of the molecule is CC.COCCOC1C(C)C(C)OC1n1cc(C)c(N)nc1=O. The Kier molecular flexibility index (Phi) is 7.67. The molecule has 1 aliphatic heterocycles. The smallest absolute Gasteiger partial charge is 0.351 e. The minimum Gasteiger partial charge on any atom is -0.383 e. The number of ether oxygens (including phenoxy) is 3. The Balaban J connectivity index is 0.00000127. The highest BCUT2D eigenvalue weighted by Gasteiger charge is 2.42. The number of nitrogen functional groups attached to an aromatic ring is 1. The topological polar surface area (TPSA) is 88.6 Å². The highest BCUT2D eigenvalue weighted by Crippen LogP contribution is 2.35. The van der Waals surface area contributed by atoms with Crippen LogP contribution in [0.4, 0.5) is 5.82 Å². The average Bonchev–Trinajstić information content (AvgIpc) is 2.81. The van der Waals surface area contributed by atoms with Crippen molar-refractivity contribution >= 4 is 5.82 Å². The molecule has 2 rings (SSSR count). The van der Waals surface area contributed by atoms with Crippen molar-refractivity contribution < 1.29 is 14.2 Å². The quantitative estimate of drug-likeness (QED) is 0.829. The minimum atomic E-state index is -0.494. The van der Waals surface area contributed by atoms with Crippen LogP contribution in [0.2, 0.25) is 0 Å². The van der Waals surface area contributed by atoms with Gasteiger partial charge in [0.05, 0.1) is 19.3 Å². The van der Waals surface area contributed by atoms with Crippen molar-refractivity contribution in [1.29, 1.82) is 0 Å². The van der Waals surface area contributed by atoms with Gasteiger partial charge in [-0.1, -0.05) is 20.8 Å². The molecule has 0 radical (unpaired) electrons. The van der Waals surface area contributed by atoms with Crippen molar-refractivity contribution in [3.05, 3.63) is 22.2 Å². The monoisotopic (exact) mass is 327 g/mol. The number of rotatable bonds is 5. The van der Waals surface area contributed by atoms with Gasteiger partial charge in [0.15, 0.2) is 6.23 Å². The fourth-order valence-electron chi connectivity index (χ4n) is 2.43. The molecule has 7 heteroatoms. The first kappa shape index (κ1) is 19.6. The summed E-state index contributed by atoms with van der Waals surface area (Å²) in [6.45, 7) is 10.8. The molecule has 7 nitrogen and oxygen atoms in total. The molecule has 0 saturated carbocycles. The highest BCUT2D eigenvalue weighted by atomic mass is 16.6. The second-order valence-corrected chi connectivity index (χ2v) is 5.42. The third kappa shape index (κ3) is 4.53. The van der Waals surface area contributed by atoms with Gasteiger partial charge in [-0.15, -0.1) is 0 Å². The standard InChI is InChI=1S/C14H23N3O4.C2H6/c1-8-7-17(14(18)16-12(8)15)13-11(20-6-5-19-4)9(2)10(3)21-13;1-2/h7,9-11,13H,5-6H2,1-4H3,(H2,15,16,18);1-2H3. The number of nitrogens with two attached hydrogens (primary N) is 1. The molecular weight excluding hydrogens is 298 g/mol. The molecule has 2 N–H and O–H groups in total. The Morgan fingerprint density at radius 3 is 2.61 bits per heavy atom. The van der Waals surface area contributed by atoms with E-state index in [1.807, 2.05) is 27.7 Å². The van der Waals surface area contributed by atoms with Crippen LogP contribution in [-0.2, 0) is 14.2 Å². The maximum absolute atomic E-state index is 12.1. The maximum atomic E-state index is 12.1. The second-order valence-electron chi connectivity index (χ2n) is 5.42. The summed E-state index contributed by atoms with van der Waals surface area (Å²) in [5, 5.41) is 0. The number of hydrogen-bond donors (Lipinski definition) is 1. The van der Waals surface area contributed by atoms with Gasteiger partial charge in [0.25, 0.3) is 0 Å². The third-order valence-corrected chi connectivity index (χ3v) is 3.94. The van der Waals surface area contributed by atoms with Crippen LogP contribution in [-0.4, -0.2) is 42.1 Å². The summed E-state index contributed by atoms with van der Waals surface area (Å²) in [5.41, 5.74) is 5.97. The van der Waals surface area contributed by atoms with Crippen LogP contribution < -0.4 is 11.4 Å². The minimum absolute atomic E-state index is 0.00713. The number of nitrogens with zero attached hydrogens (tertiary/aromatic N) is 2. The van der Waals surface area contributed by atoms with Gasteiger partial charge in [-0.2, -0.15) is 4.98 Å². The number of aryl methyl sites for hydroxylation is 1. The van der Waals surface area contributed by atoms with Crippen LogP contribution in [0.1, 0.15) is 39.5 Å². The summed E-state index contributed by atoms with van der Waals surface area (Å²) in [6, 6.07) is 0. The summed E-state index contributed by atoms with van der Waals surface area (Å²) < 4.78 is 18.2. The van der Waals surface area contributed by atoms with E-state index in [0.29, 0.717) is 13.2 Å². The van der Waals surface area contributed by atoms with E-state index in [1.54, 1.807) is 20.2 Å². The number of anilines is 1. The molecule has 4 unspecified atom stereocenters. The normalized spacial score (nSPS) is 26.7. The lowest BCUT2D eigenvalue weighted by Gasteiger charge is -2.23. The first-order valence-corrected chi connectivity index (χ1v) is 8.07. The molecule has 1 fully saturated rings. The van der Waals surface area contributed by atoms with E-state index in [-0.39, 0.29) is 23.9 Å². The zero-order valence-corrected chi connectivity index (χ0v) is 14.9. The highest BCUT2D eigenvalue weighted by molar-refractivity contribution is 5.35. The molecule has 2 heterocycles. The van der Waals surface area contributed by atoms with Crippen molar-refractivity contribution in [2.24, 2.45) is 5.92 Å². The predicted octanol–water partition coefficient (Wildman–Crippen LogP) is 1.75. The van der Waals surface area contributed by atoms with Crippen LogP contribution >= 0.6 is 0 Å². The molecule has 0 aliphatic carbocycles. The molecule has 1 aromatic heterocycles. The summed E-state index contributed by atoms with van der Waals surface area (Å²) in [7, 11) is 1.62. The summed E-state index contributed by atoms with van der Waals surface area (Å²) in [6.07, 6.45) is 0.948. The van der Waals surface area contributed by atoms with Gasteiger partial charge in [-0.25, -0.2) is 4.79 Å². The largest absolute Gasteiger partial charge is 0.383 e. The predicted molar refractivity (Wildman–Crippen MR) is 89.4 cm³/mol. The molecule has 23 heavy (non-hydrogen) atoms. The Morgan fingerprint density at radius 2 is 2.00 bits per heavy atom. The first-order chi connectivity index (χ1) is 11.0. The third-order valence-electron chi connectivity index (χ3n) is 3.94. The van der Waals surface area contributed by atoms with Crippen molar-refractivity contribution in [3.63, 3.8) is 0 Å². The average molecular weight is 327 g/mol. The van der Waals surface area contributed by atoms with Gasteiger partial charge >= 0.3 is 5.69 Å². The molecule has 0 bridgehead atoms. The van der Waals surface area contributed by atoms with Crippen LogP contribution in [0, 0.1) is 12.8 Å². The molecule has 1 aromatic rings. The van der Waals surface area contributed by atoms with Crippen LogP contribution in [0.5, 0.6) is 0 Å². The van der Waals surface area contributed by atoms with E-state index >= 15 is 0 Å². The van der Waals surface area contributed by atoms with Crippen LogP contribution in [0.3, 0.4) is 0 Å². The summed E-state index contributed by atoms with van der Waals surface area (Å²) >= 11 is 0. The lowest BCUT2D eigenvalue weighted by Crippen LogP contribution is -2.35. The van der Waals surface area contributed by atoms with Crippen molar-refractivity contribution in [2.75, 3.05) is 26.1 Å². The molecule has 0 spiro atoms. The lowest BCUT2D eigenvalue weighted by molar-refractivity contribution is -0.0722. The molecule has 0 amide bonds. The van der Waals surface area contributed by atoms with E-state index < -0.39 is 11.9 Å². The number of methoxy groups -OCH3 is 1. The molecular formula is C16H29N3O4. The zero-order chi connectivity index (χ0) is 17.6. The number of aromatic nitrogens is 2. The first-order valence-electron chi connectivity index (χ1n) is 8.07. The fraction of sp³-hybridized carbons (Fsp3) is 0.750. The Hall–Kier alpha value is -1.44. The van der Waals surface area contributed by atoms with Gasteiger partial charge in [-0.05, 0) is 13.8 Å². The zero-order valence-electron chi connectivity index (χ0n) is 14.9. The molecule has 1 saturated heterocycles. The molecule has 1 aliphatic rings. The van der Waals surface area contributed by atoms with E-state index in [4.69, 9.17) is 19.9 Å². The Bertz CT molecular complexity index is 547. The van der Waals surface area contributed by atoms with Crippen LogP contribution in [0.25, 0.3) is 0 Å². The summed E-state index contributed by atoms with van der Waals surface area (Å²) in [4.78, 5) is 15.9. The van der Waals surface area contributed by atoms with Gasteiger partial charge in [0.2, 0.25) is 0 Å². The van der Waals surface area contributed by atoms with E-state index in [1.165, 1.54) is 4.57 Å². The van der Waals surface area contributed by atoms with E-state index in [2.05, 4.69) is 4.98 Å². The van der Waals surface area contributed by atoms with Crippen molar-refractivity contribution in [3.8, 4) is 0 Å². The van der Waals surface area contributed by atoms with Crippen LogP contribution in [0.15, 0.2) is 11.0 Å². The lowest BCUT2D eigenvalue weighted by atomic mass is 10.0. The molecule has 4 atom stereocenters. The molecule has 0 aromatic carbocycles. The maximum Gasteiger partial charge on any atom is 0.351 e.